The molecule has 1 amide bonds. The van der Waals surface area contributed by atoms with Crippen LogP contribution in [0.2, 0.25) is 5.02 Å². The van der Waals surface area contributed by atoms with Gasteiger partial charge in [-0.25, -0.2) is 0 Å². The monoisotopic (exact) mass is 368 g/mol. The standard InChI is InChI=1S/C15H14BrClN2O2/c1-9(20)19-14-4-3-12(7-13(14)17)18-8-10-6-11(16)2-5-15(10)21/h2-7,18,21H,8H2,1H3,(H,19,20). The van der Waals surface area contributed by atoms with Crippen molar-refractivity contribution in [2.75, 3.05) is 10.6 Å². The van der Waals surface area contributed by atoms with Crippen LogP contribution in [0.25, 0.3) is 0 Å². The van der Waals surface area contributed by atoms with E-state index in [9.17, 15) is 9.90 Å². The number of carbonyl (C=O) groups is 1. The smallest absolute Gasteiger partial charge is 0.221 e. The van der Waals surface area contributed by atoms with Gasteiger partial charge in [-0.1, -0.05) is 27.5 Å². The molecule has 2 aromatic rings. The fourth-order valence-corrected chi connectivity index (χ4v) is 2.45. The molecule has 2 aromatic carbocycles. The molecular formula is C15H14BrClN2O2. The highest BCUT2D eigenvalue weighted by molar-refractivity contribution is 9.10. The Morgan fingerprint density at radius 2 is 2.05 bits per heavy atom. The molecular weight excluding hydrogens is 356 g/mol. The largest absolute Gasteiger partial charge is 0.508 e. The normalized spacial score (nSPS) is 10.2. The summed E-state index contributed by atoms with van der Waals surface area (Å²) in [5, 5.41) is 16.0. The van der Waals surface area contributed by atoms with Crippen molar-refractivity contribution in [3.05, 3.63) is 51.5 Å². The van der Waals surface area contributed by atoms with Crippen LogP contribution in [-0.2, 0) is 11.3 Å². The van der Waals surface area contributed by atoms with Crippen LogP contribution in [0, 0.1) is 0 Å². The van der Waals surface area contributed by atoms with E-state index < -0.39 is 0 Å². The van der Waals surface area contributed by atoms with Gasteiger partial charge < -0.3 is 15.7 Å². The van der Waals surface area contributed by atoms with Crippen LogP contribution in [0.5, 0.6) is 5.75 Å². The lowest BCUT2D eigenvalue weighted by Gasteiger charge is -2.11. The maximum atomic E-state index is 11.0. The van der Waals surface area contributed by atoms with Crippen molar-refractivity contribution in [1.82, 2.24) is 0 Å². The molecule has 21 heavy (non-hydrogen) atoms. The lowest BCUT2D eigenvalue weighted by molar-refractivity contribution is -0.114. The Labute approximate surface area is 136 Å². The van der Waals surface area contributed by atoms with E-state index in [0.717, 1.165) is 15.7 Å². The zero-order chi connectivity index (χ0) is 15.4. The molecule has 3 N–H and O–H groups in total. The van der Waals surface area contributed by atoms with Crippen LogP contribution >= 0.6 is 27.5 Å². The fraction of sp³-hybridized carbons (Fsp3) is 0.133. The lowest BCUT2D eigenvalue weighted by Crippen LogP contribution is -2.06. The van der Waals surface area contributed by atoms with Crippen LogP contribution < -0.4 is 10.6 Å². The van der Waals surface area contributed by atoms with Gasteiger partial charge in [-0.05, 0) is 36.4 Å². The van der Waals surface area contributed by atoms with Gasteiger partial charge in [0, 0.05) is 29.2 Å². The Bertz CT molecular complexity index is 677. The molecule has 0 atom stereocenters. The van der Waals surface area contributed by atoms with Crippen molar-refractivity contribution >= 4 is 44.8 Å². The van der Waals surface area contributed by atoms with Crippen molar-refractivity contribution in [3.63, 3.8) is 0 Å². The first-order valence-corrected chi connectivity index (χ1v) is 7.41. The van der Waals surface area contributed by atoms with E-state index in [1.54, 1.807) is 24.3 Å². The van der Waals surface area contributed by atoms with Gasteiger partial charge in [0.1, 0.15) is 5.75 Å². The molecule has 0 fully saturated rings. The van der Waals surface area contributed by atoms with Crippen molar-refractivity contribution < 1.29 is 9.90 Å². The van der Waals surface area contributed by atoms with Gasteiger partial charge in [0.2, 0.25) is 5.91 Å². The molecule has 0 bridgehead atoms. The second-order valence-corrected chi connectivity index (χ2v) is 5.83. The Morgan fingerprint density at radius 3 is 2.71 bits per heavy atom. The summed E-state index contributed by atoms with van der Waals surface area (Å²) in [6, 6.07) is 10.5. The molecule has 0 aromatic heterocycles. The first kappa shape index (κ1) is 15.7. The number of rotatable bonds is 4. The number of benzene rings is 2. The number of anilines is 2. The summed E-state index contributed by atoms with van der Waals surface area (Å²) in [4.78, 5) is 11.0. The Balaban J connectivity index is 2.08. The van der Waals surface area contributed by atoms with Crippen LogP contribution in [0.15, 0.2) is 40.9 Å². The number of phenols is 1. The molecule has 4 nitrogen and oxygen atoms in total. The predicted octanol–water partition coefficient (Wildman–Crippen LogP) is 4.38. The zero-order valence-corrected chi connectivity index (χ0v) is 13.6. The molecule has 6 heteroatoms. The van der Waals surface area contributed by atoms with Gasteiger partial charge in [-0.3, -0.25) is 4.79 Å². The highest BCUT2D eigenvalue weighted by Crippen LogP contribution is 2.27. The minimum Gasteiger partial charge on any atom is -0.508 e. The molecule has 0 heterocycles. The quantitative estimate of drug-likeness (QED) is 0.749. The number of hydrogen-bond acceptors (Lipinski definition) is 3. The number of halogens is 2. The molecule has 110 valence electrons. The van der Waals surface area contributed by atoms with E-state index in [1.165, 1.54) is 6.92 Å². The lowest BCUT2D eigenvalue weighted by atomic mass is 10.2. The summed E-state index contributed by atoms with van der Waals surface area (Å²) in [6.45, 7) is 1.89. The molecule has 0 saturated heterocycles. The number of amides is 1. The number of aromatic hydroxyl groups is 1. The summed E-state index contributed by atoms with van der Waals surface area (Å²) in [5.41, 5.74) is 2.14. The van der Waals surface area contributed by atoms with E-state index in [0.29, 0.717) is 17.3 Å². The van der Waals surface area contributed by atoms with E-state index in [2.05, 4.69) is 26.6 Å². The van der Waals surface area contributed by atoms with Gasteiger partial charge >= 0.3 is 0 Å². The number of hydrogen-bond donors (Lipinski definition) is 3. The van der Waals surface area contributed by atoms with Crippen molar-refractivity contribution in [2.45, 2.75) is 13.5 Å². The summed E-state index contributed by atoms with van der Waals surface area (Å²) in [5.74, 6) is 0.0586. The zero-order valence-electron chi connectivity index (χ0n) is 11.3. The van der Waals surface area contributed by atoms with Crippen molar-refractivity contribution in [3.8, 4) is 5.75 Å². The summed E-state index contributed by atoms with van der Waals surface area (Å²) >= 11 is 9.47. The van der Waals surface area contributed by atoms with Crippen LogP contribution in [0.3, 0.4) is 0 Å². The van der Waals surface area contributed by atoms with Crippen molar-refractivity contribution in [2.24, 2.45) is 0 Å². The molecule has 0 aliphatic heterocycles. The maximum absolute atomic E-state index is 11.0. The minimum atomic E-state index is -0.170. The summed E-state index contributed by atoms with van der Waals surface area (Å²) in [7, 11) is 0. The average Bonchev–Trinajstić information content (AvgIpc) is 2.42. The highest BCUT2D eigenvalue weighted by atomic mass is 79.9. The molecule has 0 spiro atoms. The van der Waals surface area contributed by atoms with Crippen molar-refractivity contribution in [1.29, 1.82) is 0 Å². The topological polar surface area (TPSA) is 61.4 Å². The highest BCUT2D eigenvalue weighted by Gasteiger charge is 2.05. The Hall–Kier alpha value is -1.72. The maximum Gasteiger partial charge on any atom is 0.221 e. The predicted molar refractivity (Wildman–Crippen MR) is 88.9 cm³/mol. The second kappa shape index (κ2) is 6.83. The fourth-order valence-electron chi connectivity index (χ4n) is 1.81. The van der Waals surface area contributed by atoms with E-state index in [1.807, 2.05) is 12.1 Å². The molecule has 0 radical (unpaired) electrons. The summed E-state index contributed by atoms with van der Waals surface area (Å²) in [6.07, 6.45) is 0. The minimum absolute atomic E-state index is 0.170. The molecule has 0 saturated carbocycles. The summed E-state index contributed by atoms with van der Waals surface area (Å²) < 4.78 is 0.899. The molecule has 2 rings (SSSR count). The first-order valence-electron chi connectivity index (χ1n) is 6.24. The number of nitrogens with one attached hydrogen (secondary N) is 2. The molecule has 0 unspecified atom stereocenters. The first-order chi connectivity index (χ1) is 9.95. The van der Waals surface area contributed by atoms with Gasteiger partial charge in [0.25, 0.3) is 0 Å². The van der Waals surface area contributed by atoms with E-state index in [4.69, 9.17) is 11.6 Å². The van der Waals surface area contributed by atoms with Gasteiger partial charge in [-0.2, -0.15) is 0 Å². The Kier molecular flexibility index (Phi) is 5.09. The third-order valence-electron chi connectivity index (χ3n) is 2.80. The van der Waals surface area contributed by atoms with Crippen LogP contribution in [0.1, 0.15) is 12.5 Å². The van der Waals surface area contributed by atoms with E-state index >= 15 is 0 Å². The van der Waals surface area contributed by atoms with Gasteiger partial charge in [0.05, 0.1) is 10.7 Å². The number of carbonyl (C=O) groups excluding carboxylic acids is 1. The molecule has 0 aliphatic rings. The van der Waals surface area contributed by atoms with Gasteiger partial charge in [-0.15, -0.1) is 0 Å². The molecule has 0 aliphatic carbocycles. The number of phenolic OH excluding ortho intramolecular Hbond substituents is 1. The van der Waals surface area contributed by atoms with Gasteiger partial charge in [0.15, 0.2) is 0 Å². The second-order valence-electron chi connectivity index (χ2n) is 4.50. The third kappa shape index (κ3) is 4.37. The Morgan fingerprint density at radius 1 is 1.29 bits per heavy atom. The van der Waals surface area contributed by atoms with E-state index in [-0.39, 0.29) is 11.7 Å². The van der Waals surface area contributed by atoms with Crippen LogP contribution in [-0.4, -0.2) is 11.0 Å². The SMILES string of the molecule is CC(=O)Nc1ccc(NCc2cc(Br)ccc2O)cc1Cl. The third-order valence-corrected chi connectivity index (χ3v) is 3.61. The van der Waals surface area contributed by atoms with Crippen LogP contribution in [0.4, 0.5) is 11.4 Å². The average molecular weight is 370 g/mol.